The van der Waals surface area contributed by atoms with Gasteiger partial charge in [0, 0.05) is 25.0 Å². The molecule has 1 heterocycles. The predicted octanol–water partition coefficient (Wildman–Crippen LogP) is 4.50. The number of allylic oxidation sites excluding steroid dienone is 1. The zero-order valence-electron chi connectivity index (χ0n) is 12.3. The van der Waals surface area contributed by atoms with E-state index in [1.165, 1.54) is 24.0 Å². The molecule has 1 aliphatic heterocycles. The van der Waals surface area contributed by atoms with Gasteiger partial charge in [-0.2, -0.15) is 0 Å². The lowest BCUT2D eigenvalue weighted by atomic mass is 9.78. The van der Waals surface area contributed by atoms with Gasteiger partial charge in [0.05, 0.1) is 0 Å². The molecule has 106 valence electrons. The lowest BCUT2D eigenvalue weighted by molar-refractivity contribution is 0.137. The first-order valence-electron chi connectivity index (χ1n) is 7.94. The fourth-order valence-electron chi connectivity index (χ4n) is 3.87. The Balaban J connectivity index is 1.68. The highest BCUT2D eigenvalue weighted by Gasteiger charge is 2.34. The van der Waals surface area contributed by atoms with Crippen molar-refractivity contribution in [3.63, 3.8) is 0 Å². The molecule has 2 atom stereocenters. The van der Waals surface area contributed by atoms with Crippen LogP contribution in [0.5, 0.6) is 0 Å². The highest BCUT2D eigenvalue weighted by atomic mass is 15.2. The molecule has 0 saturated carbocycles. The second kappa shape index (κ2) is 5.50. The smallest absolute Gasteiger partial charge is 0.0243 e. The summed E-state index contributed by atoms with van der Waals surface area (Å²) in [6, 6.07) is 20.5. The molecule has 1 nitrogen and oxygen atoms in total. The maximum atomic E-state index is 2.67. The molecular formula is C20H21N. The maximum Gasteiger partial charge on any atom is 0.0243 e. The summed E-state index contributed by atoms with van der Waals surface area (Å²) < 4.78 is 0. The number of nitrogens with zero attached hydrogens (tertiary/aromatic N) is 1. The fourth-order valence-corrected chi connectivity index (χ4v) is 3.87. The predicted molar refractivity (Wildman–Crippen MR) is 87.0 cm³/mol. The van der Waals surface area contributed by atoms with E-state index in [2.05, 4.69) is 71.6 Å². The SMILES string of the molecule is C1=C[C@H]2c3ccccc3CN(Cc3ccccc3)[C@H]2CC1. The van der Waals surface area contributed by atoms with E-state index in [1.54, 1.807) is 5.56 Å². The Morgan fingerprint density at radius 1 is 0.952 bits per heavy atom. The van der Waals surface area contributed by atoms with Gasteiger partial charge < -0.3 is 0 Å². The molecule has 0 unspecified atom stereocenters. The van der Waals surface area contributed by atoms with Crippen molar-refractivity contribution in [2.24, 2.45) is 0 Å². The van der Waals surface area contributed by atoms with Crippen LogP contribution in [0.4, 0.5) is 0 Å². The number of fused-ring (bicyclic) bond motifs is 3. The van der Waals surface area contributed by atoms with Gasteiger partial charge in [0.15, 0.2) is 0 Å². The fraction of sp³-hybridized carbons (Fsp3) is 0.300. The first kappa shape index (κ1) is 12.8. The zero-order valence-corrected chi connectivity index (χ0v) is 12.3. The monoisotopic (exact) mass is 275 g/mol. The second-order valence-corrected chi connectivity index (χ2v) is 6.19. The molecule has 2 aliphatic rings. The van der Waals surface area contributed by atoms with Crippen LogP contribution in [0.1, 0.15) is 35.4 Å². The summed E-state index contributed by atoms with van der Waals surface area (Å²) in [6.07, 6.45) is 7.30. The van der Waals surface area contributed by atoms with Gasteiger partial charge in [-0.15, -0.1) is 0 Å². The molecular weight excluding hydrogens is 254 g/mol. The standard InChI is InChI=1S/C20H21N/c1-2-8-16(9-3-1)14-21-15-17-10-4-5-11-18(17)19-12-6-7-13-20(19)21/h1-6,8-12,19-20H,7,13-15H2/t19-,20-/m0/s1. The summed E-state index contributed by atoms with van der Waals surface area (Å²) in [5, 5.41) is 0. The van der Waals surface area contributed by atoms with Crippen molar-refractivity contribution < 1.29 is 0 Å². The summed E-state index contributed by atoms with van der Waals surface area (Å²) in [5.74, 6) is 0.576. The van der Waals surface area contributed by atoms with Gasteiger partial charge in [-0.1, -0.05) is 66.7 Å². The molecule has 21 heavy (non-hydrogen) atoms. The first-order chi connectivity index (χ1) is 10.4. The minimum absolute atomic E-state index is 0.576. The zero-order chi connectivity index (χ0) is 14.1. The van der Waals surface area contributed by atoms with Crippen molar-refractivity contribution in [1.29, 1.82) is 0 Å². The van der Waals surface area contributed by atoms with E-state index in [9.17, 15) is 0 Å². The highest BCUT2D eigenvalue weighted by molar-refractivity contribution is 5.38. The van der Waals surface area contributed by atoms with Crippen LogP contribution in [0, 0.1) is 0 Å². The number of hydrogen-bond acceptors (Lipinski definition) is 1. The van der Waals surface area contributed by atoms with E-state index >= 15 is 0 Å². The van der Waals surface area contributed by atoms with Gasteiger partial charge >= 0.3 is 0 Å². The van der Waals surface area contributed by atoms with Crippen LogP contribution in [0.2, 0.25) is 0 Å². The molecule has 2 aromatic rings. The molecule has 0 radical (unpaired) electrons. The van der Waals surface area contributed by atoms with Crippen LogP contribution in [0.3, 0.4) is 0 Å². The third-order valence-corrected chi connectivity index (χ3v) is 4.87. The van der Waals surface area contributed by atoms with E-state index in [1.807, 2.05) is 0 Å². The third kappa shape index (κ3) is 2.43. The summed E-state index contributed by atoms with van der Waals surface area (Å²) in [7, 11) is 0. The van der Waals surface area contributed by atoms with Gasteiger partial charge in [-0.05, 0) is 29.5 Å². The van der Waals surface area contributed by atoms with Crippen LogP contribution in [0.15, 0.2) is 66.7 Å². The Kier molecular flexibility index (Phi) is 3.36. The summed E-state index contributed by atoms with van der Waals surface area (Å²) in [5.41, 5.74) is 4.47. The topological polar surface area (TPSA) is 3.24 Å². The first-order valence-corrected chi connectivity index (χ1v) is 7.94. The highest BCUT2D eigenvalue weighted by Crippen LogP contribution is 2.39. The molecule has 0 N–H and O–H groups in total. The summed E-state index contributed by atoms with van der Waals surface area (Å²) >= 11 is 0. The van der Waals surface area contributed by atoms with Crippen LogP contribution < -0.4 is 0 Å². The Hall–Kier alpha value is -1.86. The molecule has 0 saturated heterocycles. The van der Waals surface area contributed by atoms with E-state index in [-0.39, 0.29) is 0 Å². The average molecular weight is 275 g/mol. The molecule has 0 fully saturated rings. The van der Waals surface area contributed by atoms with E-state index in [4.69, 9.17) is 0 Å². The normalized spacial score (nSPS) is 24.4. The Morgan fingerprint density at radius 3 is 2.67 bits per heavy atom. The van der Waals surface area contributed by atoms with Crippen molar-refractivity contribution in [1.82, 2.24) is 4.90 Å². The van der Waals surface area contributed by atoms with Crippen LogP contribution in [-0.4, -0.2) is 10.9 Å². The van der Waals surface area contributed by atoms with Crippen molar-refractivity contribution in [2.45, 2.75) is 37.9 Å². The van der Waals surface area contributed by atoms with Crippen LogP contribution >= 0.6 is 0 Å². The number of rotatable bonds is 2. The third-order valence-electron chi connectivity index (χ3n) is 4.87. The lowest BCUT2D eigenvalue weighted by Crippen LogP contribution is -2.43. The Labute approximate surface area is 126 Å². The van der Waals surface area contributed by atoms with E-state index < -0.39 is 0 Å². The summed E-state index contributed by atoms with van der Waals surface area (Å²) in [6.45, 7) is 2.14. The lowest BCUT2D eigenvalue weighted by Gasteiger charge is -2.43. The van der Waals surface area contributed by atoms with Gasteiger partial charge in [-0.3, -0.25) is 4.90 Å². The maximum absolute atomic E-state index is 2.67. The minimum Gasteiger partial charge on any atom is -0.291 e. The molecule has 2 aromatic carbocycles. The van der Waals surface area contributed by atoms with Crippen LogP contribution in [0.25, 0.3) is 0 Å². The van der Waals surface area contributed by atoms with Gasteiger partial charge in [0.25, 0.3) is 0 Å². The number of benzene rings is 2. The largest absolute Gasteiger partial charge is 0.291 e. The van der Waals surface area contributed by atoms with Gasteiger partial charge in [-0.25, -0.2) is 0 Å². The molecule has 0 aromatic heterocycles. The van der Waals surface area contributed by atoms with E-state index in [0.29, 0.717) is 12.0 Å². The Bertz CT molecular complexity index is 644. The van der Waals surface area contributed by atoms with Crippen molar-refractivity contribution >= 4 is 0 Å². The van der Waals surface area contributed by atoms with Gasteiger partial charge in [0.1, 0.15) is 0 Å². The summed E-state index contributed by atoms with van der Waals surface area (Å²) in [4.78, 5) is 2.67. The molecule has 4 rings (SSSR count). The molecule has 0 amide bonds. The Morgan fingerprint density at radius 2 is 1.76 bits per heavy atom. The van der Waals surface area contributed by atoms with Crippen molar-refractivity contribution in [3.05, 3.63) is 83.4 Å². The molecule has 1 aliphatic carbocycles. The van der Waals surface area contributed by atoms with E-state index in [0.717, 1.165) is 13.1 Å². The molecule has 0 bridgehead atoms. The van der Waals surface area contributed by atoms with Crippen molar-refractivity contribution in [2.75, 3.05) is 0 Å². The number of hydrogen-bond donors (Lipinski definition) is 0. The van der Waals surface area contributed by atoms with Crippen molar-refractivity contribution in [3.8, 4) is 0 Å². The molecule has 1 heteroatoms. The van der Waals surface area contributed by atoms with Crippen LogP contribution in [-0.2, 0) is 13.1 Å². The average Bonchev–Trinajstić information content (AvgIpc) is 2.56. The van der Waals surface area contributed by atoms with Gasteiger partial charge in [0.2, 0.25) is 0 Å². The quantitative estimate of drug-likeness (QED) is 0.729. The molecule has 0 spiro atoms. The minimum atomic E-state index is 0.576. The second-order valence-electron chi connectivity index (χ2n) is 6.19.